The predicted molar refractivity (Wildman–Crippen MR) is 87.1 cm³/mol. The van der Waals surface area contributed by atoms with Crippen molar-refractivity contribution in [2.24, 2.45) is 0 Å². The molecule has 2 heterocycles. The minimum absolute atomic E-state index is 0.476. The number of nitrogens with zero attached hydrogens (tertiary/aromatic N) is 1. The molecule has 0 spiro atoms. The van der Waals surface area contributed by atoms with Crippen LogP contribution in [0.5, 0.6) is 5.06 Å². The molecular weight excluding hydrogens is 322 g/mol. The number of hydrogen-bond donors (Lipinski definition) is 1. The molecule has 0 fully saturated rings. The van der Waals surface area contributed by atoms with Crippen molar-refractivity contribution in [3.8, 4) is 5.06 Å². The number of ether oxygens (including phenoxy) is 1. The highest BCUT2D eigenvalue weighted by Crippen LogP contribution is 2.32. The fraction of sp³-hybridized carbons (Fsp3) is 0.312. The molecule has 1 aromatic heterocycles. The molecule has 1 N–H and O–H groups in total. The number of hydrogen-bond acceptors (Lipinski definition) is 4. The predicted octanol–water partition coefficient (Wildman–Crippen LogP) is 4.06. The summed E-state index contributed by atoms with van der Waals surface area (Å²) in [6.07, 6.45) is 0.597. The van der Waals surface area contributed by atoms with Gasteiger partial charge in [0.25, 0.3) is 0 Å². The summed E-state index contributed by atoms with van der Waals surface area (Å²) in [4.78, 5) is 14.2. The molecule has 6 heteroatoms. The fourth-order valence-electron chi connectivity index (χ4n) is 2.65. The Labute approximate surface area is 137 Å². The zero-order chi connectivity index (χ0) is 15.5. The van der Waals surface area contributed by atoms with Crippen molar-refractivity contribution in [3.63, 3.8) is 0 Å². The van der Waals surface area contributed by atoms with Crippen molar-refractivity contribution in [2.75, 3.05) is 13.1 Å². The van der Waals surface area contributed by atoms with Gasteiger partial charge in [-0.25, -0.2) is 4.79 Å². The highest BCUT2D eigenvalue weighted by molar-refractivity contribution is 7.14. The second-order valence-electron chi connectivity index (χ2n) is 5.28. The number of fused-ring (bicyclic) bond motifs is 1. The van der Waals surface area contributed by atoms with E-state index in [2.05, 4.69) is 17.0 Å². The number of thiophene rings is 1. The number of rotatable bonds is 3. The molecule has 0 aliphatic carbocycles. The Kier molecular flexibility index (Phi) is 4.66. The maximum Gasteiger partial charge on any atom is 0.512 e. The zero-order valence-electron chi connectivity index (χ0n) is 11.9. The summed E-state index contributed by atoms with van der Waals surface area (Å²) < 4.78 is 4.75. The second kappa shape index (κ2) is 6.69. The van der Waals surface area contributed by atoms with E-state index in [1.165, 1.54) is 27.3 Å². The Bertz CT molecular complexity index is 643. The molecule has 0 saturated heterocycles. The SMILES string of the molecule is O=C(O)Oc1cc2c(s1)CCN(Cc1ccc(Cl)cc1)CC2. The van der Waals surface area contributed by atoms with E-state index in [4.69, 9.17) is 21.4 Å². The average Bonchev–Trinajstić information content (AvgIpc) is 2.76. The lowest BCUT2D eigenvalue weighted by Crippen LogP contribution is -2.25. The van der Waals surface area contributed by atoms with Crippen molar-refractivity contribution in [1.29, 1.82) is 0 Å². The largest absolute Gasteiger partial charge is 0.512 e. The number of halogens is 1. The monoisotopic (exact) mass is 337 g/mol. The van der Waals surface area contributed by atoms with Crippen molar-refractivity contribution < 1.29 is 14.6 Å². The van der Waals surface area contributed by atoms with Gasteiger partial charge in [-0.2, -0.15) is 0 Å². The summed E-state index contributed by atoms with van der Waals surface area (Å²) in [6.45, 7) is 2.83. The molecule has 22 heavy (non-hydrogen) atoms. The molecule has 0 unspecified atom stereocenters. The zero-order valence-corrected chi connectivity index (χ0v) is 13.5. The van der Waals surface area contributed by atoms with Gasteiger partial charge in [-0.1, -0.05) is 23.7 Å². The summed E-state index contributed by atoms with van der Waals surface area (Å²) in [7, 11) is 0. The first-order valence-electron chi connectivity index (χ1n) is 7.09. The van der Waals surface area contributed by atoms with Crippen LogP contribution in [0.25, 0.3) is 0 Å². The van der Waals surface area contributed by atoms with Crippen LogP contribution in [0, 0.1) is 0 Å². The van der Waals surface area contributed by atoms with Crippen LogP contribution in [0.1, 0.15) is 16.0 Å². The van der Waals surface area contributed by atoms with Gasteiger partial charge in [-0.05, 0) is 42.2 Å². The minimum Gasteiger partial charge on any atom is -0.449 e. The first kappa shape index (κ1) is 15.3. The van der Waals surface area contributed by atoms with Gasteiger partial charge >= 0.3 is 6.16 Å². The molecule has 4 nitrogen and oxygen atoms in total. The quantitative estimate of drug-likeness (QED) is 0.858. The topological polar surface area (TPSA) is 49.8 Å². The van der Waals surface area contributed by atoms with Crippen molar-refractivity contribution in [3.05, 3.63) is 51.4 Å². The first-order chi connectivity index (χ1) is 10.6. The summed E-state index contributed by atoms with van der Waals surface area (Å²) >= 11 is 7.35. The molecule has 0 bridgehead atoms. The molecule has 116 valence electrons. The summed E-state index contributed by atoms with van der Waals surface area (Å²) in [6, 6.07) is 9.81. The van der Waals surface area contributed by atoms with E-state index in [-0.39, 0.29) is 0 Å². The van der Waals surface area contributed by atoms with Crippen molar-refractivity contribution in [1.82, 2.24) is 4.90 Å². The number of benzene rings is 1. The summed E-state index contributed by atoms with van der Waals surface area (Å²) in [5, 5.41) is 9.91. The third kappa shape index (κ3) is 3.80. The van der Waals surface area contributed by atoms with E-state index >= 15 is 0 Å². The molecule has 0 saturated carbocycles. The van der Waals surface area contributed by atoms with Gasteiger partial charge in [0, 0.05) is 29.5 Å². The van der Waals surface area contributed by atoms with Gasteiger partial charge in [0.1, 0.15) is 0 Å². The van der Waals surface area contributed by atoms with Crippen LogP contribution in [0.3, 0.4) is 0 Å². The first-order valence-corrected chi connectivity index (χ1v) is 8.29. The fourth-order valence-corrected chi connectivity index (χ4v) is 3.82. The van der Waals surface area contributed by atoms with Gasteiger partial charge in [0.05, 0.1) is 0 Å². The average molecular weight is 338 g/mol. The maximum atomic E-state index is 10.6. The number of carboxylic acid groups (broad SMARTS) is 1. The Morgan fingerprint density at radius 1 is 1.27 bits per heavy atom. The number of carbonyl (C=O) groups is 1. The van der Waals surface area contributed by atoms with Gasteiger partial charge in [0.15, 0.2) is 5.06 Å². The highest BCUT2D eigenvalue weighted by atomic mass is 35.5. The van der Waals surface area contributed by atoms with Crippen molar-refractivity contribution in [2.45, 2.75) is 19.4 Å². The Hall–Kier alpha value is -1.56. The lowest BCUT2D eigenvalue weighted by Gasteiger charge is -2.19. The van der Waals surface area contributed by atoms with Crippen LogP contribution >= 0.6 is 22.9 Å². The van der Waals surface area contributed by atoms with Crippen LogP contribution in [0.15, 0.2) is 30.3 Å². The Balaban J connectivity index is 1.62. The van der Waals surface area contributed by atoms with Crippen LogP contribution in [-0.2, 0) is 19.4 Å². The van der Waals surface area contributed by atoms with Gasteiger partial charge in [-0.3, -0.25) is 4.90 Å². The smallest absolute Gasteiger partial charge is 0.449 e. The van der Waals surface area contributed by atoms with E-state index in [0.717, 1.165) is 37.5 Å². The lowest BCUT2D eigenvalue weighted by atomic mass is 10.2. The van der Waals surface area contributed by atoms with Gasteiger partial charge < -0.3 is 9.84 Å². The summed E-state index contributed by atoms with van der Waals surface area (Å²) in [5.74, 6) is 0. The molecule has 0 radical (unpaired) electrons. The van der Waals surface area contributed by atoms with E-state index < -0.39 is 6.16 Å². The third-order valence-electron chi connectivity index (χ3n) is 3.73. The molecule has 0 amide bonds. The van der Waals surface area contributed by atoms with E-state index in [1.54, 1.807) is 0 Å². The molecule has 0 atom stereocenters. The van der Waals surface area contributed by atoms with E-state index in [0.29, 0.717) is 5.06 Å². The van der Waals surface area contributed by atoms with E-state index in [9.17, 15) is 4.79 Å². The standard InChI is InChI=1S/C16H16ClNO3S/c17-13-3-1-11(2-4-13)10-18-7-5-12-9-15(21-16(19)20)22-14(12)6-8-18/h1-4,9H,5-8,10H2,(H,19,20). The van der Waals surface area contributed by atoms with Gasteiger partial charge in [0.2, 0.25) is 0 Å². The van der Waals surface area contributed by atoms with Crippen LogP contribution in [0.2, 0.25) is 5.02 Å². The molecule has 3 rings (SSSR count). The third-order valence-corrected chi connectivity index (χ3v) is 5.10. The van der Waals surface area contributed by atoms with Gasteiger partial charge in [-0.15, -0.1) is 11.3 Å². The lowest BCUT2D eigenvalue weighted by molar-refractivity contribution is 0.146. The molecule has 2 aromatic rings. The van der Waals surface area contributed by atoms with Crippen LogP contribution in [0.4, 0.5) is 4.79 Å². The maximum absolute atomic E-state index is 10.6. The minimum atomic E-state index is -1.25. The molecule has 1 aliphatic rings. The summed E-state index contributed by atoms with van der Waals surface area (Å²) in [5.41, 5.74) is 2.46. The Morgan fingerprint density at radius 2 is 2.00 bits per heavy atom. The normalized spacial score (nSPS) is 15.1. The van der Waals surface area contributed by atoms with Crippen LogP contribution in [-0.4, -0.2) is 29.3 Å². The molecular formula is C16H16ClNO3S. The highest BCUT2D eigenvalue weighted by Gasteiger charge is 2.18. The Morgan fingerprint density at radius 3 is 2.73 bits per heavy atom. The van der Waals surface area contributed by atoms with Crippen molar-refractivity contribution >= 4 is 29.1 Å². The second-order valence-corrected chi connectivity index (χ2v) is 6.82. The molecule has 1 aromatic carbocycles. The van der Waals surface area contributed by atoms with Crippen LogP contribution < -0.4 is 4.74 Å². The molecule has 1 aliphatic heterocycles. The van der Waals surface area contributed by atoms with E-state index in [1.807, 2.05) is 18.2 Å².